The molecular weight excluding hydrogens is 501 g/mol. The van der Waals surface area contributed by atoms with Crippen molar-refractivity contribution in [3.63, 3.8) is 0 Å². The third-order valence-corrected chi connectivity index (χ3v) is 8.49. The van der Waals surface area contributed by atoms with Crippen molar-refractivity contribution in [2.24, 2.45) is 0 Å². The molecule has 2 aromatic heterocycles. The molecule has 3 amide bonds. The molecule has 174 valence electrons. The molecule has 2 heterocycles. The van der Waals surface area contributed by atoms with E-state index in [0.29, 0.717) is 10.3 Å². The number of nitrogens with zero attached hydrogens (tertiary/aromatic N) is 4. The summed E-state index contributed by atoms with van der Waals surface area (Å²) in [5.41, 5.74) is -0.306. The van der Waals surface area contributed by atoms with Crippen molar-refractivity contribution in [2.45, 2.75) is 26.7 Å². The minimum Gasteiger partial charge on any atom is -0.324 e. The van der Waals surface area contributed by atoms with Gasteiger partial charge in [-0.1, -0.05) is 53.0 Å². The van der Waals surface area contributed by atoms with Crippen molar-refractivity contribution < 1.29 is 14.4 Å². The smallest absolute Gasteiger partial charge is 0.272 e. The number of hydrogen-bond acceptors (Lipinski definition) is 10. The van der Waals surface area contributed by atoms with Gasteiger partial charge in [-0.2, -0.15) is 11.8 Å². The summed E-state index contributed by atoms with van der Waals surface area (Å²) in [7, 11) is -1.56. The van der Waals surface area contributed by atoms with E-state index in [1.54, 1.807) is 11.8 Å². The molecule has 14 heteroatoms. The molecule has 10 nitrogen and oxygen atoms in total. The van der Waals surface area contributed by atoms with Crippen molar-refractivity contribution in [3.05, 3.63) is 40.3 Å². The second kappa shape index (κ2) is 12.7. The number of aromatic nitrogens is 4. The molecule has 0 aliphatic carbocycles. The number of hydrogen-bond donors (Lipinski definition) is 3. The number of nitrogens with one attached hydrogen (secondary N) is 3. The number of carbonyl (C=O) groups excluding carboxylic acids is 3. The minimum atomic E-state index is -1.56. The Kier molecular flexibility index (Phi) is 9.67. The van der Waals surface area contributed by atoms with Gasteiger partial charge in [-0.05, 0) is 11.5 Å². The monoisotopic (exact) mass is 523 g/mol. The third-order valence-electron chi connectivity index (χ3n) is 3.84. The molecule has 0 aliphatic heterocycles. The van der Waals surface area contributed by atoms with Gasteiger partial charge in [0.2, 0.25) is 22.1 Å². The highest BCUT2D eigenvalue weighted by molar-refractivity contribution is 7.99. The Morgan fingerprint density at radius 3 is 1.97 bits per heavy atom. The molecule has 0 aliphatic rings. The van der Waals surface area contributed by atoms with Gasteiger partial charge in [-0.15, -0.1) is 20.4 Å². The number of thioether (sulfide) groups is 1. The van der Waals surface area contributed by atoms with Crippen LogP contribution in [0.5, 0.6) is 0 Å². The number of aryl methyl sites for hydroxylation is 2. The van der Waals surface area contributed by atoms with Crippen molar-refractivity contribution in [2.75, 3.05) is 22.1 Å². The molecule has 33 heavy (non-hydrogen) atoms. The summed E-state index contributed by atoms with van der Waals surface area (Å²) in [4.78, 5) is 35.4. The Hall–Kier alpha value is -2.47. The zero-order chi connectivity index (χ0) is 23.6. The Morgan fingerprint density at radius 1 is 0.848 bits per heavy atom. The van der Waals surface area contributed by atoms with Crippen LogP contribution >= 0.6 is 42.5 Å². The lowest BCUT2D eigenvalue weighted by Gasteiger charge is -2.16. The fourth-order valence-electron chi connectivity index (χ4n) is 2.50. The van der Waals surface area contributed by atoms with E-state index in [1.165, 1.54) is 36.5 Å². The number of anilines is 2. The molecule has 3 aromatic rings. The van der Waals surface area contributed by atoms with Gasteiger partial charge < -0.3 is 10.4 Å². The van der Waals surface area contributed by atoms with E-state index in [0.717, 1.165) is 39.7 Å². The highest BCUT2D eigenvalue weighted by Crippen LogP contribution is 2.32. The fraction of sp³-hybridized carbons (Fsp3) is 0.316. The van der Waals surface area contributed by atoms with E-state index >= 15 is 0 Å². The molecule has 0 radical (unpaired) electrons. The summed E-state index contributed by atoms with van der Waals surface area (Å²) >= 11 is 4.46. The van der Waals surface area contributed by atoms with Crippen LogP contribution in [0.3, 0.4) is 0 Å². The highest BCUT2D eigenvalue weighted by Gasteiger charge is 2.23. The van der Waals surface area contributed by atoms with Gasteiger partial charge in [-0.25, -0.2) is 0 Å². The third kappa shape index (κ3) is 8.43. The van der Waals surface area contributed by atoms with Crippen LogP contribution in [0.25, 0.3) is 0 Å². The molecular formula is C19H22N7O3PS3. The minimum absolute atomic E-state index is 0.161. The Morgan fingerprint density at radius 2 is 1.42 bits per heavy atom. The summed E-state index contributed by atoms with van der Waals surface area (Å²) < 4.78 is 0. The second-order valence-corrected chi connectivity index (χ2v) is 11.7. The van der Waals surface area contributed by atoms with Gasteiger partial charge in [0, 0.05) is 32.0 Å². The van der Waals surface area contributed by atoms with Crippen LogP contribution < -0.4 is 21.0 Å². The van der Waals surface area contributed by atoms with E-state index < -0.39 is 8.07 Å². The van der Waals surface area contributed by atoms with Crippen molar-refractivity contribution in [1.82, 2.24) is 25.5 Å². The van der Waals surface area contributed by atoms with Gasteiger partial charge >= 0.3 is 0 Å². The summed E-state index contributed by atoms with van der Waals surface area (Å²) in [5.74, 6) is 1.29. The van der Waals surface area contributed by atoms with Crippen LogP contribution in [0.1, 0.15) is 23.9 Å². The molecule has 1 aromatic carbocycles. The molecule has 0 fully saturated rings. The Labute approximate surface area is 204 Å². The zero-order valence-electron chi connectivity index (χ0n) is 17.9. The lowest BCUT2D eigenvalue weighted by molar-refractivity contribution is -0.117. The number of rotatable bonds is 11. The SMILES string of the molecule is CC(=O)Nc1nnc(CCSCCc2nnc(NC(=O)P(NC(C)=O)c3ccccc3)s2)s1. The standard InChI is InChI=1S/C19H22N7O3PS3/c1-12(27)20-17-24-22-15(32-17)8-10-31-11-9-16-23-25-18(33-16)21-19(29)30(26-13(2)28)14-6-4-3-5-7-14/h3-7H,8-11H2,1-2H3,(H,26,28)(H,20,24,27)(H,21,25,29). The van der Waals surface area contributed by atoms with E-state index in [1.807, 2.05) is 30.3 Å². The number of amides is 3. The van der Waals surface area contributed by atoms with Crippen molar-refractivity contribution in [1.29, 1.82) is 0 Å². The molecule has 0 spiro atoms. The quantitative estimate of drug-likeness (QED) is 0.257. The van der Waals surface area contributed by atoms with Crippen LogP contribution in [0.15, 0.2) is 30.3 Å². The van der Waals surface area contributed by atoms with Gasteiger partial charge in [0.05, 0.1) is 0 Å². The molecule has 0 saturated heterocycles. The van der Waals surface area contributed by atoms with Crippen LogP contribution in [-0.2, 0) is 22.4 Å². The van der Waals surface area contributed by atoms with Gasteiger partial charge in [-0.3, -0.25) is 19.7 Å². The first-order valence-corrected chi connectivity index (χ1v) is 14.0. The average molecular weight is 524 g/mol. The van der Waals surface area contributed by atoms with Crippen molar-refractivity contribution >= 4 is 75.5 Å². The molecule has 0 bridgehead atoms. The number of carbonyl (C=O) groups is 3. The fourth-order valence-corrected chi connectivity index (χ4v) is 6.70. The lowest BCUT2D eigenvalue weighted by atomic mass is 10.4. The normalized spacial score (nSPS) is 11.6. The van der Waals surface area contributed by atoms with Gasteiger partial charge in [0.15, 0.2) is 0 Å². The maximum atomic E-state index is 12.8. The topological polar surface area (TPSA) is 139 Å². The van der Waals surface area contributed by atoms with E-state index in [4.69, 9.17) is 0 Å². The zero-order valence-corrected chi connectivity index (χ0v) is 21.2. The predicted octanol–water partition coefficient (Wildman–Crippen LogP) is 3.26. The molecule has 0 saturated carbocycles. The number of benzene rings is 1. The van der Waals surface area contributed by atoms with Crippen LogP contribution in [-0.4, -0.2) is 49.4 Å². The van der Waals surface area contributed by atoms with E-state index in [-0.39, 0.29) is 17.5 Å². The van der Waals surface area contributed by atoms with E-state index in [9.17, 15) is 14.4 Å². The average Bonchev–Trinajstić information content (AvgIpc) is 3.41. The first kappa shape index (κ1) is 25.2. The molecule has 3 N–H and O–H groups in total. The maximum absolute atomic E-state index is 12.8. The van der Waals surface area contributed by atoms with Crippen LogP contribution in [0, 0.1) is 0 Å². The van der Waals surface area contributed by atoms with Crippen molar-refractivity contribution in [3.8, 4) is 0 Å². The van der Waals surface area contributed by atoms with E-state index in [2.05, 4.69) is 36.1 Å². The van der Waals surface area contributed by atoms with Crippen LogP contribution in [0.2, 0.25) is 0 Å². The van der Waals surface area contributed by atoms with Crippen LogP contribution in [0.4, 0.5) is 15.1 Å². The summed E-state index contributed by atoms with van der Waals surface area (Å²) in [6, 6.07) is 9.13. The Balaban J connectivity index is 1.43. The largest absolute Gasteiger partial charge is 0.324 e. The molecule has 3 rings (SSSR count). The highest BCUT2D eigenvalue weighted by atomic mass is 32.2. The maximum Gasteiger partial charge on any atom is 0.272 e. The summed E-state index contributed by atoms with van der Waals surface area (Å²) in [6.07, 6.45) is 1.50. The molecule has 1 unspecified atom stereocenters. The first-order valence-electron chi connectivity index (χ1n) is 9.84. The Bertz CT molecular complexity index is 1090. The summed E-state index contributed by atoms with van der Waals surface area (Å²) in [6.45, 7) is 2.83. The molecule has 1 atom stereocenters. The van der Waals surface area contributed by atoms with Gasteiger partial charge in [0.25, 0.3) is 5.65 Å². The predicted molar refractivity (Wildman–Crippen MR) is 135 cm³/mol. The summed E-state index contributed by atoms with van der Waals surface area (Å²) in [5, 5.41) is 27.7. The first-order chi connectivity index (χ1) is 15.9. The second-order valence-electron chi connectivity index (χ2n) is 6.56. The van der Waals surface area contributed by atoms with Gasteiger partial charge in [0.1, 0.15) is 18.1 Å². The lowest BCUT2D eigenvalue weighted by Crippen LogP contribution is -2.27.